The predicted molar refractivity (Wildman–Crippen MR) is 114 cm³/mol. The molecule has 2 aromatic carbocycles. The van der Waals surface area contributed by atoms with E-state index in [2.05, 4.69) is 27.4 Å². The van der Waals surface area contributed by atoms with Crippen LogP contribution in [0.15, 0.2) is 67.1 Å². The van der Waals surface area contributed by atoms with Crippen LogP contribution in [0.5, 0.6) is 11.5 Å². The maximum Gasteiger partial charge on any atom is 0.490 e. The molecule has 32 heavy (non-hydrogen) atoms. The molecule has 0 aliphatic carbocycles. The van der Waals surface area contributed by atoms with Gasteiger partial charge < -0.3 is 20.1 Å². The van der Waals surface area contributed by atoms with Gasteiger partial charge in [-0.1, -0.05) is 36.8 Å². The number of aromatic nitrogens is 2. The first-order valence-corrected chi connectivity index (χ1v) is 10.1. The van der Waals surface area contributed by atoms with Crippen molar-refractivity contribution in [3.8, 4) is 11.5 Å². The van der Waals surface area contributed by atoms with Crippen LogP contribution in [0.4, 0.5) is 13.2 Å². The second-order valence-corrected chi connectivity index (χ2v) is 6.93. The van der Waals surface area contributed by atoms with Crippen LogP contribution in [0.1, 0.15) is 30.5 Å². The Labute approximate surface area is 184 Å². The zero-order valence-electron chi connectivity index (χ0n) is 17.4. The Kier molecular flexibility index (Phi) is 10.3. The third-order valence-corrected chi connectivity index (χ3v) is 4.33. The molecule has 1 heterocycles. The third kappa shape index (κ3) is 10.1. The molecule has 3 N–H and O–H groups in total. The second-order valence-electron chi connectivity index (χ2n) is 6.93. The summed E-state index contributed by atoms with van der Waals surface area (Å²) in [5, 5.41) is 10.6. The standard InChI is InChI=1S/C21H25N3O.C2HF3O2/c1-4-8-20(9-5-1)25-21-12-10-18(11-13-21)7-3-2-6-14-22-15-19-16-23-17-24-19;3-2(4,5)1(6)7/h1,4-5,8-13,16-17,22H,2-3,6-7,14-15H2,(H,23,24);(H,6,7). The van der Waals surface area contributed by atoms with E-state index in [0.717, 1.165) is 36.7 Å². The number of para-hydroxylation sites is 1. The van der Waals surface area contributed by atoms with Crippen molar-refractivity contribution in [2.24, 2.45) is 0 Å². The Balaban J connectivity index is 0.000000451. The Morgan fingerprint density at radius 1 is 1.00 bits per heavy atom. The molecule has 0 saturated carbocycles. The smallest absolute Gasteiger partial charge is 0.475 e. The van der Waals surface area contributed by atoms with Gasteiger partial charge in [-0.2, -0.15) is 13.2 Å². The van der Waals surface area contributed by atoms with Gasteiger partial charge in [0.2, 0.25) is 0 Å². The number of hydrogen-bond acceptors (Lipinski definition) is 4. The molecule has 0 aliphatic rings. The van der Waals surface area contributed by atoms with Gasteiger partial charge in [0.25, 0.3) is 0 Å². The molecule has 0 radical (unpaired) electrons. The number of aryl methyl sites for hydroxylation is 1. The second kappa shape index (κ2) is 13.2. The van der Waals surface area contributed by atoms with Gasteiger partial charge in [-0.25, -0.2) is 9.78 Å². The Bertz CT molecular complexity index is 900. The minimum atomic E-state index is -5.08. The monoisotopic (exact) mass is 449 g/mol. The van der Waals surface area contributed by atoms with E-state index in [1.165, 1.54) is 24.8 Å². The molecule has 9 heteroatoms. The molecular weight excluding hydrogens is 423 g/mol. The lowest BCUT2D eigenvalue weighted by Crippen LogP contribution is -2.21. The van der Waals surface area contributed by atoms with Crippen LogP contribution in [0.3, 0.4) is 0 Å². The van der Waals surface area contributed by atoms with Crippen molar-refractivity contribution in [2.75, 3.05) is 6.54 Å². The number of rotatable bonds is 10. The lowest BCUT2D eigenvalue weighted by atomic mass is 10.1. The number of benzene rings is 2. The highest BCUT2D eigenvalue weighted by molar-refractivity contribution is 5.73. The first kappa shape index (κ1) is 24.9. The number of aromatic amines is 1. The van der Waals surface area contributed by atoms with Crippen molar-refractivity contribution >= 4 is 5.97 Å². The maximum atomic E-state index is 10.6. The normalized spacial score (nSPS) is 10.8. The highest BCUT2D eigenvalue weighted by Gasteiger charge is 2.38. The largest absolute Gasteiger partial charge is 0.490 e. The number of unbranched alkanes of at least 4 members (excludes halogenated alkanes) is 2. The number of alkyl halides is 3. The van der Waals surface area contributed by atoms with E-state index in [4.69, 9.17) is 14.6 Å². The molecule has 0 bridgehead atoms. The van der Waals surface area contributed by atoms with Crippen LogP contribution in [0.25, 0.3) is 0 Å². The van der Waals surface area contributed by atoms with Crippen molar-refractivity contribution in [1.29, 1.82) is 0 Å². The minimum Gasteiger partial charge on any atom is -0.475 e. The summed E-state index contributed by atoms with van der Waals surface area (Å²) >= 11 is 0. The van der Waals surface area contributed by atoms with Crippen molar-refractivity contribution in [3.05, 3.63) is 78.4 Å². The molecule has 0 spiro atoms. The van der Waals surface area contributed by atoms with E-state index in [9.17, 15) is 13.2 Å². The number of aliphatic carboxylic acids is 1. The summed E-state index contributed by atoms with van der Waals surface area (Å²) in [4.78, 5) is 16.0. The van der Waals surface area contributed by atoms with Gasteiger partial charge in [0.15, 0.2) is 0 Å². The van der Waals surface area contributed by atoms with Gasteiger partial charge in [0, 0.05) is 18.4 Å². The van der Waals surface area contributed by atoms with Crippen LogP contribution < -0.4 is 10.1 Å². The van der Waals surface area contributed by atoms with Gasteiger partial charge in [0.1, 0.15) is 11.5 Å². The Morgan fingerprint density at radius 2 is 1.66 bits per heavy atom. The number of H-pyrrole nitrogens is 1. The molecule has 0 saturated heterocycles. The van der Waals surface area contributed by atoms with Crippen LogP contribution in [-0.2, 0) is 17.8 Å². The van der Waals surface area contributed by atoms with Crippen molar-refractivity contribution in [2.45, 2.75) is 38.4 Å². The number of halogens is 3. The number of nitrogens with one attached hydrogen (secondary N) is 2. The maximum absolute atomic E-state index is 10.6. The topological polar surface area (TPSA) is 87.2 Å². The molecule has 0 fully saturated rings. The fraction of sp³-hybridized carbons (Fsp3) is 0.304. The average Bonchev–Trinajstić information content (AvgIpc) is 3.28. The SMILES string of the molecule is O=C(O)C(F)(F)F.c1ccc(Oc2ccc(CCCCCNCc3cnc[nH]3)cc2)cc1. The first-order valence-electron chi connectivity index (χ1n) is 10.1. The summed E-state index contributed by atoms with van der Waals surface area (Å²) < 4.78 is 37.6. The molecule has 3 rings (SSSR count). The summed E-state index contributed by atoms with van der Waals surface area (Å²) in [6, 6.07) is 18.3. The van der Waals surface area contributed by atoms with Crippen LogP contribution >= 0.6 is 0 Å². The summed E-state index contributed by atoms with van der Waals surface area (Å²) in [6.07, 6.45) is 3.25. The number of nitrogens with zero attached hydrogens (tertiary/aromatic N) is 1. The number of carbonyl (C=O) groups is 1. The number of carboxylic acid groups (broad SMARTS) is 1. The summed E-state index contributed by atoms with van der Waals surface area (Å²) in [6.45, 7) is 1.91. The first-order chi connectivity index (χ1) is 15.3. The Hall–Kier alpha value is -3.33. The number of ether oxygens (including phenoxy) is 1. The number of carboxylic acids is 1. The van der Waals surface area contributed by atoms with Gasteiger partial charge in [-0.15, -0.1) is 0 Å². The number of hydrogen-bond donors (Lipinski definition) is 3. The molecule has 6 nitrogen and oxygen atoms in total. The van der Waals surface area contributed by atoms with E-state index < -0.39 is 12.1 Å². The van der Waals surface area contributed by atoms with E-state index in [1.807, 2.05) is 48.7 Å². The lowest BCUT2D eigenvalue weighted by Gasteiger charge is -2.07. The zero-order chi connectivity index (χ0) is 23.2. The van der Waals surface area contributed by atoms with Crippen molar-refractivity contribution in [3.63, 3.8) is 0 Å². The third-order valence-electron chi connectivity index (χ3n) is 4.33. The number of imidazole rings is 1. The molecule has 0 amide bonds. The van der Waals surface area contributed by atoms with Gasteiger partial charge >= 0.3 is 12.1 Å². The van der Waals surface area contributed by atoms with Crippen LogP contribution in [-0.4, -0.2) is 33.8 Å². The summed E-state index contributed by atoms with van der Waals surface area (Å²) in [5.41, 5.74) is 2.50. The minimum absolute atomic E-state index is 0.864. The fourth-order valence-corrected chi connectivity index (χ4v) is 2.71. The molecule has 0 unspecified atom stereocenters. The quantitative estimate of drug-likeness (QED) is 0.364. The van der Waals surface area contributed by atoms with Crippen LogP contribution in [0, 0.1) is 0 Å². The molecular formula is C23H26F3N3O3. The van der Waals surface area contributed by atoms with Crippen molar-refractivity contribution < 1.29 is 27.8 Å². The molecule has 0 atom stereocenters. The van der Waals surface area contributed by atoms with E-state index >= 15 is 0 Å². The lowest BCUT2D eigenvalue weighted by molar-refractivity contribution is -0.192. The van der Waals surface area contributed by atoms with E-state index in [1.54, 1.807) is 6.33 Å². The van der Waals surface area contributed by atoms with Crippen molar-refractivity contribution in [1.82, 2.24) is 15.3 Å². The molecule has 0 aliphatic heterocycles. The van der Waals surface area contributed by atoms with Gasteiger partial charge in [-0.3, -0.25) is 0 Å². The average molecular weight is 449 g/mol. The predicted octanol–water partition coefficient (Wildman–Crippen LogP) is 5.34. The Morgan fingerprint density at radius 3 is 2.25 bits per heavy atom. The molecule has 172 valence electrons. The van der Waals surface area contributed by atoms with Gasteiger partial charge in [-0.05, 0) is 55.6 Å². The van der Waals surface area contributed by atoms with Gasteiger partial charge in [0.05, 0.1) is 6.33 Å². The molecule has 1 aromatic heterocycles. The highest BCUT2D eigenvalue weighted by Crippen LogP contribution is 2.21. The zero-order valence-corrected chi connectivity index (χ0v) is 17.4. The summed E-state index contributed by atoms with van der Waals surface area (Å²) in [5.74, 6) is -0.997. The summed E-state index contributed by atoms with van der Waals surface area (Å²) in [7, 11) is 0. The van der Waals surface area contributed by atoms with E-state index in [-0.39, 0.29) is 0 Å². The fourth-order valence-electron chi connectivity index (χ4n) is 2.71. The van der Waals surface area contributed by atoms with Crippen LogP contribution in [0.2, 0.25) is 0 Å². The molecule has 3 aromatic rings. The highest BCUT2D eigenvalue weighted by atomic mass is 19.4. The van der Waals surface area contributed by atoms with E-state index in [0.29, 0.717) is 0 Å².